The molecule has 0 bridgehead atoms. The Morgan fingerprint density at radius 2 is 2.04 bits per heavy atom. The Morgan fingerprint density at radius 3 is 2.72 bits per heavy atom. The number of hydrogen-bond acceptors (Lipinski definition) is 5. The van der Waals surface area contributed by atoms with Crippen LogP contribution in [-0.2, 0) is 17.9 Å². The fourth-order valence-corrected chi connectivity index (χ4v) is 2.31. The second-order valence-electron chi connectivity index (χ2n) is 5.69. The van der Waals surface area contributed by atoms with Crippen molar-refractivity contribution in [1.29, 1.82) is 0 Å². The number of furan rings is 1. The Hall–Kier alpha value is -3.35. The molecule has 0 atom stereocenters. The first kappa shape index (κ1) is 16.5. The van der Waals surface area contributed by atoms with E-state index in [2.05, 4.69) is 10.4 Å². The average molecular weight is 338 g/mol. The molecule has 2 aromatic heterocycles. The van der Waals surface area contributed by atoms with Gasteiger partial charge in [0, 0.05) is 6.54 Å². The normalized spacial score (nSPS) is 10.6. The molecule has 1 aromatic carbocycles. The second kappa shape index (κ2) is 7.04. The van der Waals surface area contributed by atoms with Crippen molar-refractivity contribution in [2.24, 2.45) is 0 Å². The van der Waals surface area contributed by atoms with Gasteiger partial charge in [0.25, 0.3) is 5.56 Å². The summed E-state index contributed by atoms with van der Waals surface area (Å²) in [7, 11) is 0. The minimum Gasteiger partial charge on any atom is -0.463 e. The average Bonchev–Trinajstić information content (AvgIpc) is 3.13. The fraction of sp³-hybridized carbons (Fsp3) is 0.167. The van der Waals surface area contributed by atoms with Crippen LogP contribution >= 0.6 is 0 Å². The van der Waals surface area contributed by atoms with Crippen molar-refractivity contribution in [2.45, 2.75) is 20.0 Å². The van der Waals surface area contributed by atoms with Gasteiger partial charge in [-0.25, -0.2) is 4.68 Å². The van der Waals surface area contributed by atoms with E-state index in [1.807, 2.05) is 31.2 Å². The molecule has 0 saturated carbocycles. The van der Waals surface area contributed by atoms with Gasteiger partial charge in [-0.2, -0.15) is 5.10 Å². The lowest BCUT2D eigenvalue weighted by Gasteiger charge is -2.09. The lowest BCUT2D eigenvalue weighted by molar-refractivity contribution is -0.122. The van der Waals surface area contributed by atoms with E-state index in [0.717, 1.165) is 15.8 Å². The molecule has 2 heterocycles. The molecule has 0 saturated heterocycles. The number of benzene rings is 1. The second-order valence-corrected chi connectivity index (χ2v) is 5.69. The highest BCUT2D eigenvalue weighted by Crippen LogP contribution is 2.17. The summed E-state index contributed by atoms with van der Waals surface area (Å²) in [4.78, 5) is 24.2. The highest BCUT2D eigenvalue weighted by atomic mass is 16.3. The van der Waals surface area contributed by atoms with Crippen molar-refractivity contribution in [1.82, 2.24) is 15.1 Å². The van der Waals surface area contributed by atoms with Crippen LogP contribution in [0, 0.1) is 6.92 Å². The van der Waals surface area contributed by atoms with Gasteiger partial charge in [-0.05, 0) is 30.7 Å². The largest absolute Gasteiger partial charge is 0.463 e. The number of aryl methyl sites for hydroxylation is 1. The van der Waals surface area contributed by atoms with Crippen molar-refractivity contribution in [3.63, 3.8) is 0 Å². The summed E-state index contributed by atoms with van der Waals surface area (Å²) in [6.07, 6.45) is 1.50. The van der Waals surface area contributed by atoms with Crippen molar-refractivity contribution in [3.8, 4) is 11.5 Å². The van der Waals surface area contributed by atoms with Crippen LogP contribution in [0.25, 0.3) is 11.5 Å². The first-order chi connectivity index (χ1) is 12.0. The van der Waals surface area contributed by atoms with Crippen molar-refractivity contribution < 1.29 is 9.21 Å². The number of hydrogen-bond donors (Lipinski definition) is 2. The molecule has 3 N–H and O–H groups in total. The van der Waals surface area contributed by atoms with Crippen LogP contribution in [0.5, 0.6) is 0 Å². The lowest BCUT2D eigenvalue weighted by Crippen LogP contribution is -2.34. The predicted octanol–water partition coefficient (Wildman–Crippen LogP) is 1.71. The number of anilines is 1. The van der Waals surface area contributed by atoms with Crippen LogP contribution in [0.4, 0.5) is 5.69 Å². The van der Waals surface area contributed by atoms with Crippen molar-refractivity contribution in [3.05, 3.63) is 70.2 Å². The van der Waals surface area contributed by atoms with Gasteiger partial charge in [-0.15, -0.1) is 0 Å². The van der Waals surface area contributed by atoms with Gasteiger partial charge in [-0.3, -0.25) is 9.59 Å². The zero-order valence-corrected chi connectivity index (χ0v) is 13.7. The highest BCUT2D eigenvalue weighted by molar-refractivity contribution is 5.75. The summed E-state index contributed by atoms with van der Waals surface area (Å²) in [6.45, 7) is 2.15. The SMILES string of the molecule is Cc1ccc(CNC(=O)Cn2nc(-c3ccco3)cc(N)c2=O)cc1. The minimum atomic E-state index is -0.513. The van der Waals surface area contributed by atoms with Gasteiger partial charge < -0.3 is 15.5 Å². The molecular formula is C18H18N4O3. The van der Waals surface area contributed by atoms with E-state index in [1.54, 1.807) is 12.1 Å². The number of nitrogens with one attached hydrogen (secondary N) is 1. The zero-order chi connectivity index (χ0) is 17.8. The molecule has 0 unspecified atom stereocenters. The fourth-order valence-electron chi connectivity index (χ4n) is 2.31. The Bertz CT molecular complexity index is 928. The van der Waals surface area contributed by atoms with Crippen LogP contribution in [-0.4, -0.2) is 15.7 Å². The number of amides is 1. The molecular weight excluding hydrogens is 320 g/mol. The molecule has 3 aromatic rings. The lowest BCUT2D eigenvalue weighted by atomic mass is 10.1. The first-order valence-corrected chi connectivity index (χ1v) is 7.76. The monoisotopic (exact) mass is 338 g/mol. The Kier molecular flexibility index (Phi) is 4.65. The van der Waals surface area contributed by atoms with Crippen molar-refractivity contribution >= 4 is 11.6 Å². The maximum absolute atomic E-state index is 12.1. The van der Waals surface area contributed by atoms with E-state index >= 15 is 0 Å². The van der Waals surface area contributed by atoms with Gasteiger partial charge in [0.15, 0.2) is 5.76 Å². The van der Waals surface area contributed by atoms with Gasteiger partial charge >= 0.3 is 0 Å². The summed E-state index contributed by atoms with van der Waals surface area (Å²) in [6, 6.07) is 12.7. The number of carbonyl (C=O) groups is 1. The summed E-state index contributed by atoms with van der Waals surface area (Å²) < 4.78 is 6.29. The zero-order valence-electron chi connectivity index (χ0n) is 13.7. The van der Waals surface area contributed by atoms with Gasteiger partial charge in [0.1, 0.15) is 17.9 Å². The molecule has 0 radical (unpaired) electrons. The van der Waals surface area contributed by atoms with Crippen molar-refractivity contribution in [2.75, 3.05) is 5.73 Å². The summed E-state index contributed by atoms with van der Waals surface area (Å²) in [5, 5.41) is 6.92. The molecule has 0 aliphatic rings. The number of carbonyl (C=O) groups excluding carboxylic acids is 1. The van der Waals surface area contributed by atoms with E-state index in [0.29, 0.717) is 18.0 Å². The maximum Gasteiger partial charge on any atom is 0.290 e. The molecule has 128 valence electrons. The van der Waals surface area contributed by atoms with Gasteiger partial charge in [0.2, 0.25) is 5.91 Å². The Morgan fingerprint density at radius 1 is 1.28 bits per heavy atom. The molecule has 0 aliphatic heterocycles. The molecule has 3 rings (SSSR count). The molecule has 0 fully saturated rings. The number of nitrogens with two attached hydrogens (primary N) is 1. The Balaban J connectivity index is 1.72. The first-order valence-electron chi connectivity index (χ1n) is 7.76. The number of nitrogen functional groups attached to an aromatic ring is 1. The molecule has 25 heavy (non-hydrogen) atoms. The highest BCUT2D eigenvalue weighted by Gasteiger charge is 2.12. The smallest absolute Gasteiger partial charge is 0.290 e. The predicted molar refractivity (Wildman–Crippen MR) is 93.6 cm³/mol. The van der Waals surface area contributed by atoms with Crippen LogP contribution in [0.3, 0.4) is 0 Å². The van der Waals surface area contributed by atoms with E-state index in [-0.39, 0.29) is 18.1 Å². The van der Waals surface area contributed by atoms with Gasteiger partial charge in [0.05, 0.1) is 6.26 Å². The van der Waals surface area contributed by atoms with Crippen LogP contribution in [0.15, 0.2) is 57.9 Å². The molecule has 0 spiro atoms. The van der Waals surface area contributed by atoms with Crippen LogP contribution in [0.1, 0.15) is 11.1 Å². The topological polar surface area (TPSA) is 103 Å². The third kappa shape index (κ3) is 3.95. The summed E-state index contributed by atoms with van der Waals surface area (Å²) in [5.41, 5.74) is 7.75. The molecule has 7 heteroatoms. The van der Waals surface area contributed by atoms with Crippen LogP contribution in [0.2, 0.25) is 0 Å². The molecule has 7 nitrogen and oxygen atoms in total. The number of rotatable bonds is 5. The standard InChI is InChI=1S/C18H18N4O3/c1-12-4-6-13(7-5-12)10-20-17(23)11-22-18(24)14(19)9-15(21-22)16-3-2-8-25-16/h2-9H,10-11,19H2,1H3,(H,20,23). The third-order valence-electron chi connectivity index (χ3n) is 3.68. The van der Waals surface area contributed by atoms with Gasteiger partial charge in [-0.1, -0.05) is 29.8 Å². The quantitative estimate of drug-likeness (QED) is 0.737. The molecule has 1 amide bonds. The maximum atomic E-state index is 12.1. The molecule has 0 aliphatic carbocycles. The Labute approximate surface area is 144 Å². The van der Waals surface area contributed by atoms with E-state index < -0.39 is 5.56 Å². The summed E-state index contributed by atoms with van der Waals surface area (Å²) >= 11 is 0. The van der Waals surface area contributed by atoms with E-state index in [1.165, 1.54) is 12.3 Å². The van der Waals surface area contributed by atoms with Crippen LogP contribution < -0.4 is 16.6 Å². The third-order valence-corrected chi connectivity index (χ3v) is 3.68. The minimum absolute atomic E-state index is 0.00716. The summed E-state index contributed by atoms with van der Waals surface area (Å²) in [5.74, 6) is 0.145. The van der Waals surface area contributed by atoms with E-state index in [4.69, 9.17) is 10.2 Å². The van der Waals surface area contributed by atoms with E-state index in [9.17, 15) is 9.59 Å². The number of aromatic nitrogens is 2. The number of nitrogens with zero attached hydrogens (tertiary/aromatic N) is 2.